The summed E-state index contributed by atoms with van der Waals surface area (Å²) < 4.78 is 39.7. The van der Waals surface area contributed by atoms with E-state index in [4.69, 9.17) is 23.3 Å². The van der Waals surface area contributed by atoms with E-state index in [0.29, 0.717) is 24.8 Å². The summed E-state index contributed by atoms with van der Waals surface area (Å²) in [4.78, 5) is 34.6. The van der Waals surface area contributed by atoms with E-state index in [1.54, 1.807) is 41.5 Å². The largest absolute Gasteiger partial charge is 0.464 e. The van der Waals surface area contributed by atoms with Crippen LogP contribution in [0.25, 0.3) is 0 Å². The highest BCUT2D eigenvalue weighted by molar-refractivity contribution is 7.54. The summed E-state index contributed by atoms with van der Waals surface area (Å²) >= 11 is 0. The van der Waals surface area contributed by atoms with Gasteiger partial charge in [0.25, 0.3) is 0 Å². The molecule has 0 aromatic heterocycles. The van der Waals surface area contributed by atoms with Crippen molar-refractivity contribution in [2.24, 2.45) is 0 Å². The van der Waals surface area contributed by atoms with Crippen LogP contribution in [0, 0.1) is 0 Å². The predicted octanol–water partition coefficient (Wildman–Crippen LogP) is 2.99. The molecular weight excluding hydrogens is 441 g/mol. The fourth-order valence-corrected chi connectivity index (χ4v) is 4.93. The minimum Gasteiger partial charge on any atom is -0.464 e. The van der Waals surface area contributed by atoms with Crippen LogP contribution in [0.1, 0.15) is 54.4 Å². The molecule has 0 saturated carbocycles. The summed E-state index contributed by atoms with van der Waals surface area (Å²) in [5.74, 6) is -1.10. The van der Waals surface area contributed by atoms with Crippen LogP contribution in [-0.2, 0) is 42.2 Å². The molecule has 11 heteroatoms. The molecule has 1 atom stereocenters. The molecule has 0 aliphatic rings. The number of amides is 1. The van der Waals surface area contributed by atoms with Gasteiger partial charge in [-0.3, -0.25) is 9.36 Å². The summed E-state index contributed by atoms with van der Waals surface area (Å²) in [6.45, 7) is 10.8. The number of ether oxygens (including phenoxy) is 3. The van der Waals surface area contributed by atoms with Gasteiger partial charge in [-0.1, -0.05) is 11.6 Å². The second-order valence-electron chi connectivity index (χ2n) is 7.38. The van der Waals surface area contributed by atoms with Crippen molar-refractivity contribution < 1.29 is 42.2 Å². The number of nitrogens with one attached hydrogen (secondary N) is 1. The number of carbonyl (C=O) groups is 3. The molecule has 0 saturated heterocycles. The van der Waals surface area contributed by atoms with Crippen molar-refractivity contribution in [2.75, 3.05) is 32.6 Å². The quantitative estimate of drug-likeness (QED) is 0.104. The Morgan fingerprint density at radius 3 is 2.09 bits per heavy atom. The third-order valence-electron chi connectivity index (χ3n) is 3.64. The average molecular weight is 480 g/mol. The molecule has 10 nitrogen and oxygen atoms in total. The second kappa shape index (κ2) is 16.8. The highest BCUT2D eigenvalue weighted by Crippen LogP contribution is 2.52. The fourth-order valence-electron chi connectivity index (χ4n) is 2.69. The highest BCUT2D eigenvalue weighted by Gasteiger charge is 2.30. The maximum Gasteiger partial charge on any atom is 0.335 e. The van der Waals surface area contributed by atoms with E-state index in [1.165, 1.54) is 6.08 Å². The van der Waals surface area contributed by atoms with Crippen LogP contribution in [0.2, 0.25) is 0 Å². The van der Waals surface area contributed by atoms with Gasteiger partial charge in [0, 0.05) is 6.61 Å². The van der Waals surface area contributed by atoms with Crippen LogP contribution in [0.15, 0.2) is 11.6 Å². The number of carbonyl (C=O) groups excluding carboxylic acids is 3. The molecule has 1 unspecified atom stereocenters. The van der Waals surface area contributed by atoms with Crippen LogP contribution in [0.3, 0.4) is 0 Å². The molecule has 186 valence electrons. The van der Waals surface area contributed by atoms with Gasteiger partial charge in [-0.15, -0.1) is 0 Å². The topological polar surface area (TPSA) is 126 Å². The van der Waals surface area contributed by atoms with Crippen molar-refractivity contribution in [3.63, 3.8) is 0 Å². The van der Waals surface area contributed by atoms with E-state index in [9.17, 15) is 18.9 Å². The van der Waals surface area contributed by atoms with Gasteiger partial charge in [-0.05, 0) is 54.4 Å². The first-order chi connectivity index (χ1) is 15.1. The van der Waals surface area contributed by atoms with E-state index in [0.717, 1.165) is 0 Å². The fraction of sp³-hybridized carbons (Fsp3) is 0.762. The van der Waals surface area contributed by atoms with E-state index < -0.39 is 25.6 Å². The lowest BCUT2D eigenvalue weighted by Gasteiger charge is -2.24. The lowest BCUT2D eigenvalue weighted by molar-refractivity contribution is -0.148. The van der Waals surface area contributed by atoms with Gasteiger partial charge >= 0.3 is 19.5 Å². The smallest absolute Gasteiger partial charge is 0.335 e. The summed E-state index contributed by atoms with van der Waals surface area (Å²) in [5.41, 5.74) is 0.571. The molecule has 0 bridgehead atoms. The van der Waals surface area contributed by atoms with E-state index in [-0.39, 0.29) is 44.8 Å². The summed E-state index contributed by atoms with van der Waals surface area (Å²) in [5, 5.41) is 2.40. The number of rotatable bonds is 18. The monoisotopic (exact) mass is 479 g/mol. The van der Waals surface area contributed by atoms with Gasteiger partial charge in [-0.2, -0.15) is 0 Å². The van der Waals surface area contributed by atoms with Crippen LogP contribution >= 0.6 is 7.60 Å². The Kier molecular flexibility index (Phi) is 15.9. The zero-order chi connectivity index (χ0) is 24.6. The molecule has 0 aromatic carbocycles. The van der Waals surface area contributed by atoms with E-state index >= 15 is 0 Å². The molecule has 0 heterocycles. The summed E-state index contributed by atoms with van der Waals surface area (Å²) in [6, 6.07) is -1.05. The lowest BCUT2D eigenvalue weighted by Crippen LogP contribution is -2.36. The number of hydrogen-bond acceptors (Lipinski definition) is 9. The molecule has 32 heavy (non-hydrogen) atoms. The Morgan fingerprint density at radius 2 is 1.59 bits per heavy atom. The van der Waals surface area contributed by atoms with Crippen LogP contribution in [0.4, 0.5) is 0 Å². The first kappa shape index (κ1) is 30.3. The minimum atomic E-state index is -3.54. The van der Waals surface area contributed by atoms with Crippen molar-refractivity contribution in [3.8, 4) is 0 Å². The summed E-state index contributed by atoms with van der Waals surface area (Å²) in [6.07, 6.45) is 1.96. The van der Waals surface area contributed by atoms with E-state index in [1.807, 2.05) is 0 Å². The molecule has 1 amide bonds. The van der Waals surface area contributed by atoms with Gasteiger partial charge in [0.1, 0.15) is 12.6 Å². The molecule has 0 spiro atoms. The Bertz CT molecular complexity index is 635. The van der Waals surface area contributed by atoms with Crippen LogP contribution in [-0.4, -0.2) is 69.2 Å². The summed E-state index contributed by atoms with van der Waals surface area (Å²) in [7, 11) is -3.54. The Labute approximate surface area is 190 Å². The Morgan fingerprint density at radius 1 is 1.00 bits per heavy atom. The minimum absolute atomic E-state index is 0.0717. The first-order valence-corrected chi connectivity index (χ1v) is 12.5. The lowest BCUT2D eigenvalue weighted by atomic mass is 10.1. The zero-order valence-corrected chi connectivity index (χ0v) is 20.9. The number of esters is 2. The molecule has 0 rings (SSSR count). The van der Waals surface area contributed by atoms with Gasteiger partial charge in [0.2, 0.25) is 6.41 Å². The molecule has 0 aliphatic heterocycles. The van der Waals surface area contributed by atoms with Gasteiger partial charge in [-0.25, -0.2) is 9.59 Å². The van der Waals surface area contributed by atoms with Gasteiger partial charge in [0.15, 0.2) is 0 Å². The van der Waals surface area contributed by atoms with Gasteiger partial charge in [0.05, 0.1) is 31.6 Å². The molecule has 0 aromatic rings. The third-order valence-corrected chi connectivity index (χ3v) is 5.92. The molecular formula is C21H38NO9P. The Hall–Kier alpha value is -1.74. The van der Waals surface area contributed by atoms with Crippen LogP contribution in [0.5, 0.6) is 0 Å². The van der Waals surface area contributed by atoms with Crippen molar-refractivity contribution in [1.82, 2.24) is 5.32 Å². The maximum absolute atomic E-state index is 13.3. The molecule has 0 fully saturated rings. The van der Waals surface area contributed by atoms with Crippen molar-refractivity contribution >= 4 is 25.9 Å². The average Bonchev–Trinajstić information content (AvgIpc) is 2.66. The highest BCUT2D eigenvalue weighted by atomic mass is 31.2. The van der Waals surface area contributed by atoms with Gasteiger partial charge < -0.3 is 28.6 Å². The second-order valence-corrected chi connectivity index (χ2v) is 9.34. The molecule has 0 aliphatic carbocycles. The number of allylic oxidation sites excluding steroid dienone is 1. The van der Waals surface area contributed by atoms with Crippen LogP contribution < -0.4 is 5.32 Å². The Balaban J connectivity index is 5.50. The normalized spacial score (nSPS) is 13.2. The zero-order valence-electron chi connectivity index (χ0n) is 20.0. The standard InChI is InChI=1S/C21H38NO9P/c1-7-28-20(24)13-27-11-9-10-18(12-19(22-15-23)21(25)29-8-2)14-32(26,30-16(3)4)31-17(5)6/h12,15-17,19H,7-11,13-14H2,1-6H3,(H,22,23). The molecule has 1 N–H and O–H groups in total. The third kappa shape index (κ3) is 14.3. The van der Waals surface area contributed by atoms with Crippen molar-refractivity contribution in [3.05, 3.63) is 11.6 Å². The van der Waals surface area contributed by atoms with E-state index in [2.05, 4.69) is 5.32 Å². The predicted molar refractivity (Wildman–Crippen MR) is 119 cm³/mol. The number of hydrogen-bond donors (Lipinski definition) is 1. The van der Waals surface area contributed by atoms with Crippen molar-refractivity contribution in [1.29, 1.82) is 0 Å². The molecule has 0 radical (unpaired) electrons. The first-order valence-electron chi connectivity index (χ1n) is 10.8. The maximum atomic E-state index is 13.3. The SMILES string of the molecule is CCOC(=O)COCCCC(=CC(NC=O)C(=O)OCC)CP(=O)(OC(C)C)OC(C)C. The van der Waals surface area contributed by atoms with Crippen molar-refractivity contribution in [2.45, 2.75) is 72.6 Å².